The largest absolute Gasteiger partial charge is 0.419 e. The van der Waals surface area contributed by atoms with E-state index in [2.05, 4.69) is 5.16 Å². The lowest BCUT2D eigenvalue weighted by Gasteiger charge is -2.13. The number of Topliss-reactive ketones (excluding diaryl/α,β-unsaturated/α-hetero) is 1. The van der Waals surface area contributed by atoms with Crippen LogP contribution in [0.1, 0.15) is 48.8 Å². The number of halogens is 4. The second-order valence-corrected chi connectivity index (χ2v) is 6.54. The second-order valence-electron chi connectivity index (χ2n) is 6.54. The summed E-state index contributed by atoms with van der Waals surface area (Å²) in [5.74, 6) is -1.63. The maximum absolute atomic E-state index is 13.8. The van der Waals surface area contributed by atoms with Crippen molar-refractivity contribution in [3.63, 3.8) is 0 Å². The van der Waals surface area contributed by atoms with Gasteiger partial charge in [0.1, 0.15) is 5.82 Å². The highest BCUT2D eigenvalue weighted by Gasteiger charge is 2.34. The van der Waals surface area contributed by atoms with Gasteiger partial charge in [0, 0.05) is 12.0 Å². The molecule has 8 heteroatoms. The van der Waals surface area contributed by atoms with Crippen LogP contribution in [0.3, 0.4) is 0 Å². The lowest BCUT2D eigenvalue weighted by molar-refractivity contribution is -0.139. The number of rotatable bonds is 6. The molecule has 0 saturated carbocycles. The quantitative estimate of drug-likeness (QED) is 0.580. The molecule has 2 rings (SSSR count). The molecule has 0 saturated heterocycles. The Hall–Kier alpha value is -2.22. The molecule has 0 amide bonds. The molecule has 0 aliphatic carbocycles. The van der Waals surface area contributed by atoms with Crippen molar-refractivity contribution < 1.29 is 32.0 Å². The van der Waals surface area contributed by atoms with E-state index in [4.69, 9.17) is 4.52 Å². The zero-order valence-electron chi connectivity index (χ0n) is 14.5. The highest BCUT2D eigenvalue weighted by Crippen LogP contribution is 2.35. The van der Waals surface area contributed by atoms with Crippen LogP contribution in [0, 0.1) is 17.7 Å². The number of ketones is 1. The molecule has 0 fully saturated rings. The van der Waals surface area contributed by atoms with Crippen molar-refractivity contribution in [2.45, 2.75) is 40.0 Å². The summed E-state index contributed by atoms with van der Waals surface area (Å²) in [6, 6.07) is 2.24. The van der Waals surface area contributed by atoms with Gasteiger partial charge < -0.3 is 9.63 Å². The van der Waals surface area contributed by atoms with Crippen LogP contribution in [-0.2, 0) is 12.8 Å². The Bertz CT molecular complexity index is 796. The topological polar surface area (TPSA) is 63.3 Å². The Labute approximate surface area is 147 Å². The number of aromatic nitrogens is 1. The molecule has 1 N–H and O–H groups in total. The predicted octanol–water partition coefficient (Wildman–Crippen LogP) is 4.86. The van der Waals surface area contributed by atoms with Crippen molar-refractivity contribution in [1.29, 1.82) is 0 Å². The van der Waals surface area contributed by atoms with Crippen LogP contribution >= 0.6 is 0 Å². The number of benzene rings is 1. The fourth-order valence-electron chi connectivity index (χ4n) is 2.41. The Morgan fingerprint density at radius 3 is 2.42 bits per heavy atom. The average molecular weight is 373 g/mol. The lowest BCUT2D eigenvalue weighted by atomic mass is 9.91. The van der Waals surface area contributed by atoms with Crippen molar-refractivity contribution in [3.05, 3.63) is 40.8 Å². The Morgan fingerprint density at radius 2 is 1.92 bits per heavy atom. The van der Waals surface area contributed by atoms with E-state index in [0.717, 1.165) is 6.07 Å². The lowest BCUT2D eigenvalue weighted by Crippen LogP contribution is -2.13. The molecule has 0 bridgehead atoms. The van der Waals surface area contributed by atoms with Crippen molar-refractivity contribution >= 4 is 5.78 Å². The molecule has 1 heterocycles. The molecule has 26 heavy (non-hydrogen) atoms. The summed E-state index contributed by atoms with van der Waals surface area (Å²) >= 11 is 0. The maximum atomic E-state index is 13.8. The third-order valence-corrected chi connectivity index (χ3v) is 4.39. The highest BCUT2D eigenvalue weighted by atomic mass is 19.4. The van der Waals surface area contributed by atoms with E-state index < -0.39 is 24.2 Å². The second kappa shape index (κ2) is 7.57. The number of hydrogen-bond donors (Lipinski definition) is 1. The first-order chi connectivity index (χ1) is 12.1. The van der Waals surface area contributed by atoms with Crippen molar-refractivity contribution in [1.82, 2.24) is 5.16 Å². The number of aliphatic hydroxyl groups is 1. The number of nitrogens with zero attached hydrogens (tertiary/aromatic N) is 1. The van der Waals surface area contributed by atoms with Gasteiger partial charge in [0.25, 0.3) is 0 Å². The van der Waals surface area contributed by atoms with E-state index >= 15 is 0 Å². The number of hydrogen-bond acceptors (Lipinski definition) is 4. The molecule has 0 unspecified atom stereocenters. The fraction of sp³-hybridized carbons (Fsp3) is 0.444. The van der Waals surface area contributed by atoms with Crippen LogP contribution in [0.25, 0.3) is 11.3 Å². The van der Waals surface area contributed by atoms with Crippen molar-refractivity contribution in [2.24, 2.45) is 11.8 Å². The van der Waals surface area contributed by atoms with Gasteiger partial charge in [-0.15, -0.1) is 0 Å². The van der Waals surface area contributed by atoms with Crippen molar-refractivity contribution in [3.8, 4) is 11.3 Å². The van der Waals surface area contributed by atoms with E-state index in [1.807, 2.05) is 20.8 Å². The highest BCUT2D eigenvalue weighted by molar-refractivity contribution is 5.97. The van der Waals surface area contributed by atoms with E-state index in [9.17, 15) is 27.5 Å². The first-order valence-electron chi connectivity index (χ1n) is 8.06. The van der Waals surface area contributed by atoms with Crippen LogP contribution in [-0.4, -0.2) is 16.0 Å². The molecule has 2 aromatic rings. The van der Waals surface area contributed by atoms with Gasteiger partial charge in [0.15, 0.2) is 17.2 Å². The monoisotopic (exact) mass is 373 g/mol. The van der Waals surface area contributed by atoms with E-state index in [1.165, 1.54) is 0 Å². The van der Waals surface area contributed by atoms with Gasteiger partial charge in [-0.25, -0.2) is 4.39 Å². The Balaban J connectivity index is 2.39. The molecule has 1 aromatic carbocycles. The minimum Gasteiger partial charge on any atom is -0.391 e. The summed E-state index contributed by atoms with van der Waals surface area (Å²) in [5.41, 5.74) is -1.50. The van der Waals surface area contributed by atoms with E-state index in [-0.39, 0.29) is 46.6 Å². The normalized spacial score (nSPS) is 13.3. The zero-order chi connectivity index (χ0) is 19.6. The molecule has 0 radical (unpaired) electrons. The summed E-state index contributed by atoms with van der Waals surface area (Å²) < 4.78 is 56.8. The smallest absolute Gasteiger partial charge is 0.391 e. The maximum Gasteiger partial charge on any atom is 0.419 e. The average Bonchev–Trinajstić information content (AvgIpc) is 2.97. The number of carbonyl (C=O) groups is 1. The van der Waals surface area contributed by atoms with Crippen LogP contribution < -0.4 is 0 Å². The molecule has 0 aliphatic rings. The molecule has 4 nitrogen and oxygen atoms in total. The van der Waals surface area contributed by atoms with Gasteiger partial charge in [-0.3, -0.25) is 4.79 Å². The summed E-state index contributed by atoms with van der Waals surface area (Å²) in [5, 5.41) is 13.2. The third-order valence-electron chi connectivity index (χ3n) is 4.39. The van der Waals surface area contributed by atoms with Gasteiger partial charge in [-0.05, 0) is 24.0 Å². The molecule has 1 aromatic heterocycles. The number of aliphatic hydroxyl groups excluding tert-OH is 1. The first-order valence-corrected chi connectivity index (χ1v) is 8.06. The Kier molecular flexibility index (Phi) is 5.85. The van der Waals surface area contributed by atoms with Crippen LogP contribution in [0.2, 0.25) is 0 Å². The van der Waals surface area contributed by atoms with Gasteiger partial charge in [-0.1, -0.05) is 32.0 Å². The minimum atomic E-state index is -4.82. The summed E-state index contributed by atoms with van der Waals surface area (Å²) in [6.07, 6.45) is -4.64. The third kappa shape index (κ3) is 4.12. The molecular formula is C18H19F4NO3. The van der Waals surface area contributed by atoms with Gasteiger partial charge in [0.05, 0.1) is 17.7 Å². The summed E-state index contributed by atoms with van der Waals surface area (Å²) in [7, 11) is 0. The summed E-state index contributed by atoms with van der Waals surface area (Å²) in [6.45, 7) is 5.21. The van der Waals surface area contributed by atoms with Gasteiger partial charge in [-0.2, -0.15) is 13.2 Å². The van der Waals surface area contributed by atoms with Crippen LogP contribution in [0.15, 0.2) is 22.7 Å². The summed E-state index contributed by atoms with van der Waals surface area (Å²) in [4.78, 5) is 12.4. The minimum absolute atomic E-state index is 0.0325. The standard InChI is InChI=1S/C18H19F4NO3/c1-9(2)10(3)6-15(25)16-12(8-24)17(26-23-16)11-4-5-13(14(19)7-11)18(20,21)22/h4-5,7,9-10,24H,6,8H2,1-3H3/t10-/m1/s1. The van der Waals surface area contributed by atoms with Gasteiger partial charge in [0.2, 0.25) is 0 Å². The Morgan fingerprint density at radius 1 is 1.27 bits per heavy atom. The SMILES string of the molecule is CC(C)[C@H](C)CC(=O)c1noc(-c2ccc(C(F)(F)F)c(F)c2)c1CO. The number of carbonyl (C=O) groups excluding carboxylic acids is 1. The van der Waals surface area contributed by atoms with E-state index in [0.29, 0.717) is 12.1 Å². The molecule has 0 aliphatic heterocycles. The molecule has 0 spiro atoms. The van der Waals surface area contributed by atoms with Gasteiger partial charge >= 0.3 is 6.18 Å². The first kappa shape index (κ1) is 20.1. The predicted molar refractivity (Wildman–Crippen MR) is 85.8 cm³/mol. The van der Waals surface area contributed by atoms with Crippen LogP contribution in [0.4, 0.5) is 17.6 Å². The molecular weight excluding hydrogens is 354 g/mol. The van der Waals surface area contributed by atoms with Crippen LogP contribution in [0.5, 0.6) is 0 Å². The number of alkyl halides is 3. The fourth-order valence-corrected chi connectivity index (χ4v) is 2.41. The van der Waals surface area contributed by atoms with E-state index in [1.54, 1.807) is 0 Å². The zero-order valence-corrected chi connectivity index (χ0v) is 14.5. The van der Waals surface area contributed by atoms with Crippen molar-refractivity contribution in [2.75, 3.05) is 0 Å². The molecule has 1 atom stereocenters. The molecule has 142 valence electrons.